The third-order valence-corrected chi connectivity index (χ3v) is 7.23. The Labute approximate surface area is 206 Å². The maximum atomic E-state index is 13.3. The van der Waals surface area contributed by atoms with Gasteiger partial charge in [-0.25, -0.2) is 0 Å². The number of likely N-dealkylation sites (tertiary alicyclic amines) is 1. The molecule has 2 saturated heterocycles. The largest absolute Gasteiger partial charge is 0.507 e. The lowest BCUT2D eigenvalue weighted by Crippen LogP contribution is -2.36. The number of carbonyl (C=O) groups excluding carboxylic acids is 2. The van der Waals surface area contributed by atoms with Crippen LogP contribution in [0.5, 0.6) is 5.75 Å². The fourth-order valence-electron chi connectivity index (χ4n) is 5.31. The second-order valence-corrected chi connectivity index (χ2v) is 10.9. The van der Waals surface area contributed by atoms with Gasteiger partial charge in [-0.15, -0.1) is 0 Å². The fourth-order valence-corrected chi connectivity index (χ4v) is 5.31. The summed E-state index contributed by atoms with van der Waals surface area (Å²) in [5, 5.41) is 11.4. The summed E-state index contributed by atoms with van der Waals surface area (Å²) < 4.78 is 11.6. The molecular weight excluding hydrogens is 442 g/mol. The SMILES string of the molecule is C[C@@H]1Cc2cc(C(O)=C3C(=O)C(=O)N(C[C@@H]4CCCO4)[C@@H]3c3ccc(C(C)(C)C)cc3)ccc2O1. The zero-order chi connectivity index (χ0) is 24.9. The van der Waals surface area contributed by atoms with Gasteiger partial charge in [0.2, 0.25) is 0 Å². The number of aliphatic hydroxyl groups is 1. The van der Waals surface area contributed by atoms with Crippen molar-refractivity contribution >= 4 is 17.4 Å². The molecule has 0 saturated carbocycles. The summed E-state index contributed by atoms with van der Waals surface area (Å²) in [5.41, 5.74) is 3.57. The van der Waals surface area contributed by atoms with Crippen molar-refractivity contribution in [1.82, 2.24) is 4.90 Å². The van der Waals surface area contributed by atoms with E-state index in [0.29, 0.717) is 18.7 Å². The first-order valence-electron chi connectivity index (χ1n) is 12.4. The Morgan fingerprint density at radius 1 is 1.11 bits per heavy atom. The molecule has 0 bridgehead atoms. The average molecular weight is 476 g/mol. The highest BCUT2D eigenvalue weighted by molar-refractivity contribution is 6.46. The van der Waals surface area contributed by atoms with Crippen molar-refractivity contribution in [1.29, 1.82) is 0 Å². The summed E-state index contributed by atoms with van der Waals surface area (Å²) in [6, 6.07) is 12.8. The lowest BCUT2D eigenvalue weighted by Gasteiger charge is -2.28. The highest BCUT2D eigenvalue weighted by Crippen LogP contribution is 2.41. The molecule has 3 aliphatic rings. The summed E-state index contributed by atoms with van der Waals surface area (Å²) in [4.78, 5) is 28.1. The zero-order valence-electron chi connectivity index (χ0n) is 20.8. The molecule has 6 nitrogen and oxygen atoms in total. The maximum absolute atomic E-state index is 13.3. The summed E-state index contributed by atoms with van der Waals surface area (Å²) in [6.07, 6.45) is 2.49. The predicted octanol–water partition coefficient (Wildman–Crippen LogP) is 4.91. The van der Waals surface area contributed by atoms with Gasteiger partial charge in [0.25, 0.3) is 11.7 Å². The molecule has 1 N–H and O–H groups in total. The molecule has 5 rings (SSSR count). The third kappa shape index (κ3) is 4.36. The number of ether oxygens (including phenoxy) is 2. The van der Waals surface area contributed by atoms with Crippen LogP contribution in [0.4, 0.5) is 0 Å². The van der Waals surface area contributed by atoms with E-state index >= 15 is 0 Å². The molecule has 184 valence electrons. The minimum Gasteiger partial charge on any atom is -0.507 e. The molecule has 0 aromatic heterocycles. The lowest BCUT2D eigenvalue weighted by molar-refractivity contribution is -0.140. The first kappa shape index (κ1) is 23.6. The molecule has 0 spiro atoms. The number of Topliss-reactive ketones (excluding diaryl/α,β-unsaturated/α-hetero) is 1. The van der Waals surface area contributed by atoms with Gasteiger partial charge in [-0.05, 0) is 60.1 Å². The van der Waals surface area contributed by atoms with Gasteiger partial charge in [0, 0.05) is 25.1 Å². The van der Waals surface area contributed by atoms with E-state index in [2.05, 4.69) is 20.8 Å². The van der Waals surface area contributed by atoms with Gasteiger partial charge in [0.1, 0.15) is 17.6 Å². The number of ketones is 1. The van der Waals surface area contributed by atoms with E-state index in [9.17, 15) is 14.7 Å². The summed E-state index contributed by atoms with van der Waals surface area (Å²) in [6.45, 7) is 9.41. The van der Waals surface area contributed by atoms with E-state index in [1.807, 2.05) is 43.3 Å². The summed E-state index contributed by atoms with van der Waals surface area (Å²) >= 11 is 0. The standard InChI is InChI=1S/C29H33NO5/c1-17-14-20-15-19(9-12-23(20)35-17)26(31)24-25(18-7-10-21(11-8-18)29(2,3)4)30(28(33)27(24)32)16-22-6-5-13-34-22/h7-12,15,17,22,25,31H,5-6,13-14,16H2,1-4H3/t17-,22+,25-/m1/s1. The number of benzene rings is 2. The summed E-state index contributed by atoms with van der Waals surface area (Å²) in [7, 11) is 0. The van der Waals surface area contributed by atoms with Crippen LogP contribution in [0.2, 0.25) is 0 Å². The number of amides is 1. The number of hydrogen-bond donors (Lipinski definition) is 1. The maximum Gasteiger partial charge on any atom is 0.295 e. The Morgan fingerprint density at radius 2 is 1.86 bits per heavy atom. The zero-order valence-corrected chi connectivity index (χ0v) is 20.8. The molecule has 1 amide bonds. The number of hydrogen-bond acceptors (Lipinski definition) is 5. The van der Waals surface area contributed by atoms with Crippen LogP contribution in [0.3, 0.4) is 0 Å². The van der Waals surface area contributed by atoms with Crippen molar-refractivity contribution in [3.8, 4) is 5.75 Å². The molecule has 3 heterocycles. The first-order chi connectivity index (χ1) is 16.6. The van der Waals surface area contributed by atoms with Crippen molar-refractivity contribution in [3.05, 3.63) is 70.3 Å². The molecule has 2 fully saturated rings. The molecule has 35 heavy (non-hydrogen) atoms. The quantitative estimate of drug-likeness (QED) is 0.386. The van der Waals surface area contributed by atoms with E-state index in [0.717, 1.165) is 41.7 Å². The monoisotopic (exact) mass is 475 g/mol. The Kier molecular flexibility index (Phi) is 5.96. The second kappa shape index (κ2) is 8.83. The number of aliphatic hydroxyl groups excluding tert-OH is 1. The van der Waals surface area contributed by atoms with Crippen molar-refractivity contribution in [2.75, 3.05) is 13.2 Å². The van der Waals surface area contributed by atoms with Crippen molar-refractivity contribution in [2.24, 2.45) is 0 Å². The molecule has 6 heteroatoms. The molecular formula is C29H33NO5. The van der Waals surface area contributed by atoms with Crippen LogP contribution in [0.15, 0.2) is 48.0 Å². The molecule has 0 radical (unpaired) electrons. The van der Waals surface area contributed by atoms with Gasteiger partial charge in [0.05, 0.1) is 17.7 Å². The highest BCUT2D eigenvalue weighted by Gasteiger charge is 2.47. The number of rotatable bonds is 4. The smallest absolute Gasteiger partial charge is 0.295 e. The highest BCUT2D eigenvalue weighted by atomic mass is 16.5. The van der Waals surface area contributed by atoms with Gasteiger partial charge in [-0.1, -0.05) is 45.0 Å². The second-order valence-electron chi connectivity index (χ2n) is 10.9. The van der Waals surface area contributed by atoms with E-state index in [4.69, 9.17) is 9.47 Å². The van der Waals surface area contributed by atoms with Crippen molar-refractivity contribution in [2.45, 2.75) is 70.6 Å². The molecule has 3 aliphatic heterocycles. The average Bonchev–Trinajstić information content (AvgIpc) is 3.52. The van der Waals surface area contributed by atoms with Gasteiger partial charge in [-0.3, -0.25) is 9.59 Å². The minimum atomic E-state index is -0.670. The van der Waals surface area contributed by atoms with Crippen LogP contribution in [-0.4, -0.2) is 47.1 Å². The predicted molar refractivity (Wildman–Crippen MR) is 133 cm³/mol. The lowest BCUT2D eigenvalue weighted by atomic mass is 9.85. The number of nitrogens with zero attached hydrogens (tertiary/aromatic N) is 1. The molecule has 0 unspecified atom stereocenters. The van der Waals surface area contributed by atoms with Crippen LogP contribution in [0, 0.1) is 0 Å². The first-order valence-corrected chi connectivity index (χ1v) is 12.4. The van der Waals surface area contributed by atoms with Crippen molar-refractivity contribution < 1.29 is 24.2 Å². The fraction of sp³-hybridized carbons (Fsp3) is 0.448. The van der Waals surface area contributed by atoms with Gasteiger partial charge in [-0.2, -0.15) is 0 Å². The molecule has 3 atom stereocenters. The van der Waals surface area contributed by atoms with Gasteiger partial charge in [0.15, 0.2) is 0 Å². The Morgan fingerprint density at radius 3 is 2.51 bits per heavy atom. The van der Waals surface area contributed by atoms with Crippen LogP contribution in [-0.2, 0) is 26.2 Å². The normalized spacial score (nSPS) is 25.7. The number of carbonyl (C=O) groups is 2. The van der Waals surface area contributed by atoms with Crippen LogP contribution >= 0.6 is 0 Å². The molecule has 2 aromatic rings. The summed E-state index contributed by atoms with van der Waals surface area (Å²) in [5.74, 6) is -0.604. The van der Waals surface area contributed by atoms with Gasteiger partial charge < -0.3 is 19.5 Å². The van der Waals surface area contributed by atoms with E-state index in [1.54, 1.807) is 11.0 Å². The Balaban J connectivity index is 1.59. The molecule has 2 aromatic carbocycles. The molecule has 0 aliphatic carbocycles. The van der Waals surface area contributed by atoms with Gasteiger partial charge >= 0.3 is 0 Å². The van der Waals surface area contributed by atoms with Crippen LogP contribution in [0.25, 0.3) is 5.76 Å². The third-order valence-electron chi connectivity index (χ3n) is 7.23. The Bertz CT molecular complexity index is 1180. The van der Waals surface area contributed by atoms with Crippen LogP contribution in [0.1, 0.15) is 68.8 Å². The van der Waals surface area contributed by atoms with Crippen molar-refractivity contribution in [3.63, 3.8) is 0 Å². The minimum absolute atomic E-state index is 0.0261. The van der Waals surface area contributed by atoms with E-state index < -0.39 is 17.7 Å². The van der Waals surface area contributed by atoms with E-state index in [-0.39, 0.29) is 29.0 Å². The number of fused-ring (bicyclic) bond motifs is 1. The van der Waals surface area contributed by atoms with E-state index in [1.165, 1.54) is 0 Å². The topological polar surface area (TPSA) is 76.1 Å². The Hall–Kier alpha value is -3.12. The van der Waals surface area contributed by atoms with Crippen LogP contribution < -0.4 is 4.74 Å².